The van der Waals surface area contributed by atoms with Gasteiger partial charge in [-0.05, 0) is 61.1 Å². The average molecular weight is 514 g/mol. The number of hydrogen-bond donors (Lipinski definition) is 1. The molecule has 1 N–H and O–H groups in total. The normalized spacial score (nSPS) is 13.0. The van der Waals surface area contributed by atoms with Crippen molar-refractivity contribution in [2.24, 2.45) is 5.41 Å². The van der Waals surface area contributed by atoms with Crippen LogP contribution in [0.1, 0.15) is 69.7 Å². The van der Waals surface area contributed by atoms with E-state index < -0.39 is 26.4 Å². The maximum atomic E-state index is 12.8. The molecule has 5 nitrogen and oxygen atoms in total. The minimum atomic E-state index is -5.50. The summed E-state index contributed by atoms with van der Waals surface area (Å²) in [6, 6.07) is 10.5. The Morgan fingerprint density at radius 3 is 1.86 bits per heavy atom. The second kappa shape index (κ2) is 10.2. The van der Waals surface area contributed by atoms with Crippen LogP contribution in [0.25, 0.3) is 0 Å². The Hall–Kier alpha value is -2.55. The summed E-state index contributed by atoms with van der Waals surface area (Å²) >= 11 is 0. The van der Waals surface area contributed by atoms with Gasteiger partial charge in [-0.1, -0.05) is 58.9 Å². The Morgan fingerprint density at radius 1 is 0.914 bits per heavy atom. The third-order valence-corrected chi connectivity index (χ3v) is 7.56. The standard InChI is InChI=1S/C26H34F3NO4S/c1-8-25(9-2,19-10-12-21(17(3)14-19)30-35(32,33)26(27,28)29)20-11-13-22(18(4)15-20)34-16-23(31)24(5,6)7/h10-15,30H,8-9,16H2,1-7H3. The Morgan fingerprint density at radius 2 is 1.43 bits per heavy atom. The van der Waals surface area contributed by atoms with E-state index >= 15 is 0 Å². The van der Waals surface area contributed by atoms with Crippen LogP contribution in [-0.2, 0) is 20.2 Å². The van der Waals surface area contributed by atoms with Gasteiger partial charge in [0, 0.05) is 10.8 Å². The lowest BCUT2D eigenvalue weighted by Crippen LogP contribution is -2.30. The van der Waals surface area contributed by atoms with Gasteiger partial charge in [-0.2, -0.15) is 21.6 Å². The maximum Gasteiger partial charge on any atom is 0.516 e. The number of Topliss-reactive ketones (excluding diaryl/α,β-unsaturated/α-hetero) is 1. The molecule has 2 aromatic carbocycles. The number of carbonyl (C=O) groups is 1. The van der Waals surface area contributed by atoms with Gasteiger partial charge >= 0.3 is 15.5 Å². The van der Waals surface area contributed by atoms with Crippen LogP contribution in [0.2, 0.25) is 0 Å². The van der Waals surface area contributed by atoms with Crippen LogP contribution in [0.15, 0.2) is 36.4 Å². The predicted molar refractivity (Wildman–Crippen MR) is 132 cm³/mol. The molecule has 0 bridgehead atoms. The lowest BCUT2D eigenvalue weighted by molar-refractivity contribution is -0.128. The van der Waals surface area contributed by atoms with Crippen molar-refractivity contribution in [2.45, 2.75) is 72.2 Å². The lowest BCUT2D eigenvalue weighted by atomic mass is 9.70. The van der Waals surface area contributed by atoms with Crippen LogP contribution in [0, 0.1) is 19.3 Å². The van der Waals surface area contributed by atoms with Crippen LogP contribution in [0.4, 0.5) is 18.9 Å². The van der Waals surface area contributed by atoms with E-state index in [1.165, 1.54) is 6.07 Å². The first-order valence-electron chi connectivity index (χ1n) is 11.5. The fraction of sp³-hybridized carbons (Fsp3) is 0.500. The summed E-state index contributed by atoms with van der Waals surface area (Å²) in [5.41, 5.74) is -3.34. The van der Waals surface area contributed by atoms with Crippen molar-refractivity contribution in [3.05, 3.63) is 58.7 Å². The molecule has 0 aliphatic heterocycles. The summed E-state index contributed by atoms with van der Waals surface area (Å²) in [5, 5.41) is 0. The molecule has 9 heteroatoms. The second-order valence-corrected chi connectivity index (χ2v) is 11.5. The molecule has 0 heterocycles. The van der Waals surface area contributed by atoms with E-state index in [1.807, 2.05) is 59.7 Å². The number of sulfonamides is 1. The van der Waals surface area contributed by atoms with Crippen molar-refractivity contribution in [2.75, 3.05) is 11.3 Å². The van der Waals surface area contributed by atoms with Crippen LogP contribution in [-0.4, -0.2) is 26.3 Å². The number of rotatable bonds is 9. The van der Waals surface area contributed by atoms with Crippen molar-refractivity contribution in [1.29, 1.82) is 0 Å². The summed E-state index contributed by atoms with van der Waals surface area (Å²) in [5.74, 6) is 0.606. The number of carbonyl (C=O) groups excluding carboxylic acids is 1. The van der Waals surface area contributed by atoms with Gasteiger partial charge in [0.1, 0.15) is 12.4 Å². The van der Waals surface area contributed by atoms with Crippen LogP contribution < -0.4 is 9.46 Å². The van der Waals surface area contributed by atoms with Gasteiger partial charge in [-0.15, -0.1) is 0 Å². The molecule has 0 aliphatic rings. The molecule has 35 heavy (non-hydrogen) atoms. The number of ketones is 1. The molecule has 0 aromatic heterocycles. The molecule has 0 radical (unpaired) electrons. The largest absolute Gasteiger partial charge is 0.516 e. The molecule has 0 fully saturated rings. The van der Waals surface area contributed by atoms with Gasteiger partial charge in [-0.25, -0.2) is 0 Å². The average Bonchev–Trinajstić information content (AvgIpc) is 2.74. The zero-order chi connectivity index (χ0) is 26.8. The smallest absolute Gasteiger partial charge is 0.486 e. The fourth-order valence-corrected chi connectivity index (χ4v) is 4.61. The van der Waals surface area contributed by atoms with Crippen molar-refractivity contribution in [3.8, 4) is 5.75 Å². The highest BCUT2D eigenvalue weighted by Crippen LogP contribution is 2.41. The fourth-order valence-electron chi connectivity index (χ4n) is 3.98. The number of aryl methyl sites for hydroxylation is 2. The van der Waals surface area contributed by atoms with Crippen LogP contribution in [0.5, 0.6) is 5.75 Å². The SMILES string of the molecule is CCC(CC)(c1ccc(NS(=O)(=O)C(F)(F)F)c(C)c1)c1ccc(OCC(=O)C(C)(C)C)c(C)c1. The molecule has 0 unspecified atom stereocenters. The molecule has 194 valence electrons. The number of anilines is 1. The molecule has 0 atom stereocenters. The highest BCUT2D eigenvalue weighted by atomic mass is 32.2. The molecule has 2 aromatic rings. The summed E-state index contributed by atoms with van der Waals surface area (Å²) < 4.78 is 68.9. The van der Waals surface area contributed by atoms with Crippen molar-refractivity contribution in [1.82, 2.24) is 0 Å². The van der Waals surface area contributed by atoms with Crippen LogP contribution >= 0.6 is 0 Å². The molecular formula is C26H34F3NO4S. The minimum Gasteiger partial charge on any atom is -0.486 e. The number of nitrogens with one attached hydrogen (secondary N) is 1. The van der Waals surface area contributed by atoms with Gasteiger partial charge in [0.2, 0.25) is 0 Å². The van der Waals surface area contributed by atoms with Gasteiger partial charge in [0.25, 0.3) is 0 Å². The molecule has 0 amide bonds. The van der Waals surface area contributed by atoms with Crippen LogP contribution in [0.3, 0.4) is 0 Å². The molecule has 0 saturated heterocycles. The Labute approximate surface area is 206 Å². The second-order valence-electron chi connectivity index (χ2n) is 9.81. The van der Waals surface area contributed by atoms with E-state index in [0.717, 1.165) is 16.7 Å². The third-order valence-electron chi connectivity index (χ3n) is 6.46. The van der Waals surface area contributed by atoms with E-state index in [1.54, 1.807) is 23.8 Å². The van der Waals surface area contributed by atoms with E-state index in [-0.39, 0.29) is 18.1 Å². The van der Waals surface area contributed by atoms with E-state index in [9.17, 15) is 26.4 Å². The first-order valence-corrected chi connectivity index (χ1v) is 12.9. The predicted octanol–water partition coefficient (Wildman–Crippen LogP) is 6.67. The topological polar surface area (TPSA) is 72.5 Å². The van der Waals surface area contributed by atoms with Gasteiger partial charge in [0.05, 0.1) is 5.69 Å². The first-order chi connectivity index (χ1) is 16.0. The zero-order valence-corrected chi connectivity index (χ0v) is 22.1. The number of benzene rings is 2. The summed E-state index contributed by atoms with van der Waals surface area (Å²) in [7, 11) is -5.50. The molecular weight excluding hydrogens is 479 g/mol. The number of halogens is 3. The highest BCUT2D eigenvalue weighted by molar-refractivity contribution is 7.93. The van der Waals surface area contributed by atoms with E-state index in [0.29, 0.717) is 24.2 Å². The third kappa shape index (κ3) is 6.18. The molecule has 0 aliphatic carbocycles. The minimum absolute atomic E-state index is 0.00542. The van der Waals surface area contributed by atoms with Crippen molar-refractivity contribution < 1.29 is 31.1 Å². The summed E-state index contributed by atoms with van der Waals surface area (Å²) in [6.07, 6.45) is 1.41. The molecule has 0 spiro atoms. The monoisotopic (exact) mass is 513 g/mol. The van der Waals surface area contributed by atoms with E-state index in [2.05, 4.69) is 0 Å². The number of hydrogen-bond acceptors (Lipinski definition) is 4. The quantitative estimate of drug-likeness (QED) is 0.407. The maximum absolute atomic E-state index is 12.8. The molecule has 0 saturated carbocycles. The number of alkyl halides is 3. The molecule has 2 rings (SSSR count). The number of ether oxygens (including phenoxy) is 1. The first kappa shape index (κ1) is 28.7. The Bertz CT molecular complexity index is 1180. The summed E-state index contributed by atoms with van der Waals surface area (Å²) in [6.45, 7) is 13.0. The van der Waals surface area contributed by atoms with Gasteiger partial charge in [-0.3, -0.25) is 9.52 Å². The summed E-state index contributed by atoms with van der Waals surface area (Å²) in [4.78, 5) is 12.2. The Kier molecular flexibility index (Phi) is 8.37. The van der Waals surface area contributed by atoms with Gasteiger partial charge < -0.3 is 4.74 Å². The van der Waals surface area contributed by atoms with Crippen molar-refractivity contribution in [3.63, 3.8) is 0 Å². The Balaban J connectivity index is 2.41. The van der Waals surface area contributed by atoms with E-state index in [4.69, 9.17) is 4.74 Å². The van der Waals surface area contributed by atoms with Crippen molar-refractivity contribution >= 4 is 21.5 Å². The lowest BCUT2D eigenvalue weighted by Gasteiger charge is -2.34. The van der Waals surface area contributed by atoms with Gasteiger partial charge in [0.15, 0.2) is 5.78 Å². The highest BCUT2D eigenvalue weighted by Gasteiger charge is 2.46. The zero-order valence-electron chi connectivity index (χ0n) is 21.3.